The molecule has 0 aliphatic carbocycles. The molecular formula is C20H16F2N4. The van der Waals surface area contributed by atoms with Crippen LogP contribution in [0.1, 0.15) is 11.1 Å². The first-order valence-corrected chi connectivity index (χ1v) is 8.20. The van der Waals surface area contributed by atoms with E-state index >= 15 is 0 Å². The molecule has 0 amide bonds. The van der Waals surface area contributed by atoms with Crippen molar-refractivity contribution in [2.45, 2.75) is 13.1 Å². The van der Waals surface area contributed by atoms with E-state index in [1.165, 1.54) is 24.3 Å². The van der Waals surface area contributed by atoms with E-state index in [0.717, 1.165) is 22.3 Å². The molecule has 0 fully saturated rings. The lowest BCUT2D eigenvalue weighted by molar-refractivity contribution is 0.624. The normalized spacial score (nSPS) is 11.0. The van der Waals surface area contributed by atoms with Crippen LogP contribution in [0.4, 0.5) is 8.78 Å². The molecule has 0 spiro atoms. The van der Waals surface area contributed by atoms with Crippen molar-refractivity contribution in [1.29, 1.82) is 0 Å². The van der Waals surface area contributed by atoms with E-state index in [9.17, 15) is 8.78 Å². The summed E-state index contributed by atoms with van der Waals surface area (Å²) in [7, 11) is 0. The summed E-state index contributed by atoms with van der Waals surface area (Å²) in [6.45, 7) is 1.15. The Labute approximate surface area is 149 Å². The second-order valence-electron chi connectivity index (χ2n) is 6.11. The number of benzene rings is 2. The molecule has 0 unspecified atom stereocenters. The molecule has 0 bridgehead atoms. The minimum atomic E-state index is -0.247. The Balaban J connectivity index is 1.46. The van der Waals surface area contributed by atoms with E-state index in [0.29, 0.717) is 13.1 Å². The van der Waals surface area contributed by atoms with Crippen molar-refractivity contribution in [3.63, 3.8) is 0 Å². The van der Waals surface area contributed by atoms with Crippen LogP contribution in [0.15, 0.2) is 73.3 Å². The number of hydrogen-bond donors (Lipinski definition) is 0. The SMILES string of the molecule is Fc1ccc(Cn2cc(-c3cnn(Cc4ccc(F)cc4)c3)cn2)cc1. The van der Waals surface area contributed by atoms with Crippen LogP contribution < -0.4 is 0 Å². The molecule has 0 aliphatic rings. The number of halogens is 2. The van der Waals surface area contributed by atoms with Crippen molar-refractivity contribution < 1.29 is 8.78 Å². The van der Waals surface area contributed by atoms with E-state index in [1.54, 1.807) is 46.0 Å². The third-order valence-electron chi connectivity index (χ3n) is 4.12. The minimum Gasteiger partial charge on any atom is -0.268 e. The quantitative estimate of drug-likeness (QED) is 0.543. The molecule has 4 aromatic rings. The maximum absolute atomic E-state index is 13.0. The summed E-state index contributed by atoms with van der Waals surface area (Å²) < 4.78 is 29.6. The highest BCUT2D eigenvalue weighted by Gasteiger charge is 2.06. The van der Waals surface area contributed by atoms with Crippen LogP contribution in [0.3, 0.4) is 0 Å². The van der Waals surface area contributed by atoms with Crippen molar-refractivity contribution in [2.24, 2.45) is 0 Å². The Hall–Kier alpha value is -3.28. The molecule has 6 heteroatoms. The zero-order valence-corrected chi connectivity index (χ0v) is 13.9. The second-order valence-corrected chi connectivity index (χ2v) is 6.11. The van der Waals surface area contributed by atoms with Crippen molar-refractivity contribution in [3.8, 4) is 11.1 Å². The molecule has 4 rings (SSSR count). The zero-order chi connectivity index (χ0) is 17.9. The van der Waals surface area contributed by atoms with Gasteiger partial charge in [0.2, 0.25) is 0 Å². The van der Waals surface area contributed by atoms with E-state index < -0.39 is 0 Å². The number of nitrogens with zero attached hydrogens (tertiary/aromatic N) is 4. The lowest BCUT2D eigenvalue weighted by Gasteiger charge is -2.01. The molecule has 0 radical (unpaired) electrons. The van der Waals surface area contributed by atoms with Crippen LogP contribution >= 0.6 is 0 Å². The molecule has 4 nitrogen and oxygen atoms in total. The molecule has 0 aliphatic heterocycles. The first-order valence-electron chi connectivity index (χ1n) is 8.20. The fourth-order valence-electron chi connectivity index (χ4n) is 2.75. The van der Waals surface area contributed by atoms with Gasteiger partial charge in [0.05, 0.1) is 25.5 Å². The van der Waals surface area contributed by atoms with Gasteiger partial charge < -0.3 is 0 Å². The van der Waals surface area contributed by atoms with Gasteiger partial charge in [-0.15, -0.1) is 0 Å². The van der Waals surface area contributed by atoms with Gasteiger partial charge in [-0.1, -0.05) is 24.3 Å². The van der Waals surface area contributed by atoms with Crippen LogP contribution in [0.25, 0.3) is 11.1 Å². The molecule has 0 saturated carbocycles. The third kappa shape index (κ3) is 3.69. The summed E-state index contributed by atoms with van der Waals surface area (Å²) in [5, 5.41) is 8.71. The summed E-state index contributed by atoms with van der Waals surface area (Å²) in [5.74, 6) is -0.494. The molecule has 2 aromatic carbocycles. The van der Waals surface area contributed by atoms with Gasteiger partial charge >= 0.3 is 0 Å². The van der Waals surface area contributed by atoms with Gasteiger partial charge in [0.15, 0.2) is 0 Å². The first-order chi connectivity index (χ1) is 12.7. The number of hydrogen-bond acceptors (Lipinski definition) is 2. The van der Waals surface area contributed by atoms with E-state index in [-0.39, 0.29) is 11.6 Å². The van der Waals surface area contributed by atoms with Crippen molar-refractivity contribution >= 4 is 0 Å². The van der Waals surface area contributed by atoms with Crippen LogP contribution in [0, 0.1) is 11.6 Å². The highest BCUT2D eigenvalue weighted by atomic mass is 19.1. The van der Waals surface area contributed by atoms with Crippen LogP contribution in [-0.2, 0) is 13.1 Å². The van der Waals surface area contributed by atoms with Gasteiger partial charge in [-0.3, -0.25) is 9.36 Å². The van der Waals surface area contributed by atoms with Gasteiger partial charge in [-0.2, -0.15) is 10.2 Å². The van der Waals surface area contributed by atoms with Crippen molar-refractivity contribution in [3.05, 3.63) is 96.1 Å². The van der Waals surface area contributed by atoms with Gasteiger partial charge in [0, 0.05) is 23.5 Å². The molecular weight excluding hydrogens is 334 g/mol. The summed E-state index contributed by atoms with van der Waals surface area (Å²) >= 11 is 0. The average Bonchev–Trinajstić information content (AvgIpc) is 3.28. The largest absolute Gasteiger partial charge is 0.268 e. The van der Waals surface area contributed by atoms with Gasteiger partial charge in [-0.25, -0.2) is 8.78 Å². The summed E-state index contributed by atoms with van der Waals surface area (Å²) in [4.78, 5) is 0. The Morgan fingerprint density at radius 3 is 1.38 bits per heavy atom. The summed E-state index contributed by atoms with van der Waals surface area (Å²) in [5.41, 5.74) is 3.87. The minimum absolute atomic E-state index is 0.247. The number of rotatable bonds is 5. The maximum Gasteiger partial charge on any atom is 0.123 e. The second kappa shape index (κ2) is 6.92. The molecule has 2 aromatic heterocycles. The lowest BCUT2D eigenvalue weighted by Crippen LogP contribution is -1.99. The predicted octanol–water partition coefficient (Wildman–Crippen LogP) is 4.12. The van der Waals surface area contributed by atoms with Gasteiger partial charge in [0.1, 0.15) is 11.6 Å². The van der Waals surface area contributed by atoms with Gasteiger partial charge in [-0.05, 0) is 35.4 Å². The van der Waals surface area contributed by atoms with Crippen LogP contribution in [0.5, 0.6) is 0 Å². The summed E-state index contributed by atoms with van der Waals surface area (Å²) in [6.07, 6.45) is 7.43. The third-order valence-corrected chi connectivity index (χ3v) is 4.12. The Bertz CT molecular complexity index is 917. The molecule has 2 heterocycles. The summed E-state index contributed by atoms with van der Waals surface area (Å²) in [6, 6.07) is 12.8. The Morgan fingerprint density at radius 1 is 0.615 bits per heavy atom. The fourth-order valence-corrected chi connectivity index (χ4v) is 2.75. The van der Waals surface area contributed by atoms with Crippen LogP contribution in [-0.4, -0.2) is 19.6 Å². The zero-order valence-electron chi connectivity index (χ0n) is 13.9. The lowest BCUT2D eigenvalue weighted by atomic mass is 10.2. The van der Waals surface area contributed by atoms with Crippen LogP contribution in [0.2, 0.25) is 0 Å². The standard InChI is InChI=1S/C20H16F2N4/c21-19-5-1-15(2-6-19)11-25-13-17(9-23-25)18-10-24-26(14-18)12-16-3-7-20(22)8-4-16/h1-10,13-14H,11-12H2. The predicted molar refractivity (Wildman–Crippen MR) is 94.5 cm³/mol. The highest BCUT2D eigenvalue weighted by molar-refractivity contribution is 5.59. The maximum atomic E-state index is 13.0. The van der Waals surface area contributed by atoms with Crippen molar-refractivity contribution in [2.75, 3.05) is 0 Å². The van der Waals surface area contributed by atoms with E-state index in [2.05, 4.69) is 10.2 Å². The topological polar surface area (TPSA) is 35.6 Å². The first kappa shape index (κ1) is 16.2. The molecule has 0 N–H and O–H groups in total. The smallest absolute Gasteiger partial charge is 0.123 e. The average molecular weight is 350 g/mol. The fraction of sp³-hybridized carbons (Fsp3) is 0.100. The molecule has 0 atom stereocenters. The van der Waals surface area contributed by atoms with Gasteiger partial charge in [0.25, 0.3) is 0 Å². The Kier molecular flexibility index (Phi) is 4.31. The Morgan fingerprint density at radius 2 is 1.00 bits per heavy atom. The van der Waals surface area contributed by atoms with Crippen molar-refractivity contribution in [1.82, 2.24) is 19.6 Å². The van der Waals surface area contributed by atoms with E-state index in [1.807, 2.05) is 12.4 Å². The monoisotopic (exact) mass is 350 g/mol. The highest BCUT2D eigenvalue weighted by Crippen LogP contribution is 2.19. The molecule has 26 heavy (non-hydrogen) atoms. The number of aromatic nitrogens is 4. The molecule has 0 saturated heterocycles. The molecule has 130 valence electrons. The van der Waals surface area contributed by atoms with E-state index in [4.69, 9.17) is 0 Å².